The largest absolute Gasteiger partial charge is 0.494 e. The van der Waals surface area contributed by atoms with Crippen LogP contribution in [0.25, 0.3) is 5.69 Å². The van der Waals surface area contributed by atoms with E-state index in [4.69, 9.17) is 9.26 Å². The zero-order chi connectivity index (χ0) is 16.9. The van der Waals surface area contributed by atoms with Gasteiger partial charge in [-0.05, 0) is 29.5 Å². The smallest absolute Gasteiger partial charge is 0.236 e. The number of amides is 1. The third-order valence-electron chi connectivity index (χ3n) is 2.98. The molecule has 0 aliphatic rings. The number of para-hydroxylation sites is 2. The number of aromatic nitrogens is 5. The quantitative estimate of drug-likeness (QED) is 0.672. The number of methoxy groups -OCH3 is 1. The van der Waals surface area contributed by atoms with Crippen LogP contribution >= 0.6 is 11.8 Å². The lowest BCUT2D eigenvalue weighted by Gasteiger charge is -2.08. The maximum absolute atomic E-state index is 12.0. The number of hydrogen-bond acceptors (Lipinski definition) is 8. The van der Waals surface area contributed by atoms with Crippen LogP contribution in [0.1, 0.15) is 5.76 Å². The number of carbonyl (C=O) groups is 1. The SMILES string of the molecule is COc1ccccc1-n1nnnc1SCC(=O)Nc1cc(C)on1. The van der Waals surface area contributed by atoms with Gasteiger partial charge in [0.05, 0.1) is 12.9 Å². The van der Waals surface area contributed by atoms with Crippen molar-refractivity contribution in [3.8, 4) is 11.4 Å². The van der Waals surface area contributed by atoms with E-state index in [0.29, 0.717) is 28.2 Å². The van der Waals surface area contributed by atoms with E-state index in [-0.39, 0.29) is 11.7 Å². The predicted octanol–water partition coefficient (Wildman–Crippen LogP) is 1.70. The van der Waals surface area contributed by atoms with Crippen LogP contribution in [0.3, 0.4) is 0 Å². The summed E-state index contributed by atoms with van der Waals surface area (Å²) in [4.78, 5) is 12.0. The van der Waals surface area contributed by atoms with E-state index in [0.717, 1.165) is 0 Å². The summed E-state index contributed by atoms with van der Waals surface area (Å²) >= 11 is 1.20. The van der Waals surface area contributed by atoms with Gasteiger partial charge in [0.25, 0.3) is 0 Å². The average Bonchev–Trinajstić information content (AvgIpc) is 3.21. The number of thioether (sulfide) groups is 1. The predicted molar refractivity (Wildman–Crippen MR) is 86.3 cm³/mol. The van der Waals surface area contributed by atoms with Gasteiger partial charge in [0.2, 0.25) is 11.1 Å². The number of anilines is 1. The van der Waals surface area contributed by atoms with Crippen LogP contribution in [0.4, 0.5) is 5.82 Å². The highest BCUT2D eigenvalue weighted by molar-refractivity contribution is 7.99. The summed E-state index contributed by atoms with van der Waals surface area (Å²) in [6.45, 7) is 1.75. The monoisotopic (exact) mass is 346 g/mol. The fraction of sp³-hybridized carbons (Fsp3) is 0.214. The van der Waals surface area contributed by atoms with Gasteiger partial charge < -0.3 is 14.6 Å². The van der Waals surface area contributed by atoms with Crippen LogP contribution in [0, 0.1) is 6.92 Å². The molecule has 3 aromatic rings. The molecule has 0 saturated carbocycles. The van der Waals surface area contributed by atoms with E-state index < -0.39 is 0 Å². The van der Waals surface area contributed by atoms with Crippen LogP contribution in [0.2, 0.25) is 0 Å². The number of ether oxygens (including phenoxy) is 1. The molecule has 1 amide bonds. The van der Waals surface area contributed by atoms with Crippen LogP contribution in [0.15, 0.2) is 40.0 Å². The molecule has 0 fully saturated rings. The Labute approximate surface area is 141 Å². The molecule has 3 rings (SSSR count). The molecule has 0 radical (unpaired) electrons. The fourth-order valence-electron chi connectivity index (χ4n) is 1.96. The number of nitrogens with zero attached hydrogens (tertiary/aromatic N) is 5. The number of aryl methyl sites for hydroxylation is 1. The Balaban J connectivity index is 1.68. The first-order chi connectivity index (χ1) is 11.7. The molecule has 0 spiro atoms. The summed E-state index contributed by atoms with van der Waals surface area (Å²) < 4.78 is 11.7. The summed E-state index contributed by atoms with van der Waals surface area (Å²) in [7, 11) is 1.57. The number of benzene rings is 1. The van der Waals surface area contributed by atoms with Crippen molar-refractivity contribution in [3.63, 3.8) is 0 Å². The van der Waals surface area contributed by atoms with Gasteiger partial charge in [-0.3, -0.25) is 4.79 Å². The Bertz CT molecular complexity index is 846. The lowest BCUT2D eigenvalue weighted by atomic mass is 10.3. The van der Waals surface area contributed by atoms with Crippen molar-refractivity contribution in [1.29, 1.82) is 0 Å². The number of hydrogen-bond donors (Lipinski definition) is 1. The molecule has 2 aromatic heterocycles. The molecule has 124 valence electrons. The topological polar surface area (TPSA) is 108 Å². The Kier molecular flexibility index (Phi) is 4.75. The summed E-state index contributed by atoms with van der Waals surface area (Å²) in [5.41, 5.74) is 0.694. The third-order valence-corrected chi connectivity index (χ3v) is 3.90. The van der Waals surface area contributed by atoms with E-state index >= 15 is 0 Å². The molecule has 9 nitrogen and oxygen atoms in total. The molecule has 0 atom stereocenters. The molecule has 0 aliphatic carbocycles. The second kappa shape index (κ2) is 7.13. The van der Waals surface area contributed by atoms with Gasteiger partial charge >= 0.3 is 0 Å². The van der Waals surface area contributed by atoms with E-state index in [9.17, 15) is 4.79 Å². The van der Waals surface area contributed by atoms with E-state index in [1.807, 2.05) is 24.3 Å². The molecule has 10 heteroatoms. The van der Waals surface area contributed by atoms with Crippen LogP contribution in [0.5, 0.6) is 5.75 Å². The molecule has 1 aromatic carbocycles. The molecule has 24 heavy (non-hydrogen) atoms. The first-order valence-electron chi connectivity index (χ1n) is 6.95. The van der Waals surface area contributed by atoms with Gasteiger partial charge in [-0.25, -0.2) is 0 Å². The average molecular weight is 346 g/mol. The van der Waals surface area contributed by atoms with Crippen molar-refractivity contribution >= 4 is 23.5 Å². The molecule has 0 unspecified atom stereocenters. The number of carbonyl (C=O) groups excluding carboxylic acids is 1. The number of tetrazole rings is 1. The highest BCUT2D eigenvalue weighted by Crippen LogP contribution is 2.25. The van der Waals surface area contributed by atoms with E-state index in [1.165, 1.54) is 16.4 Å². The second-order valence-electron chi connectivity index (χ2n) is 4.70. The van der Waals surface area contributed by atoms with Crippen LogP contribution < -0.4 is 10.1 Å². The summed E-state index contributed by atoms with van der Waals surface area (Å²) in [5.74, 6) is 1.53. The minimum atomic E-state index is -0.233. The van der Waals surface area contributed by atoms with Gasteiger partial charge in [-0.15, -0.1) is 5.10 Å². The summed E-state index contributed by atoms with van der Waals surface area (Å²) in [6.07, 6.45) is 0. The first kappa shape index (κ1) is 16.0. The van der Waals surface area contributed by atoms with Crippen molar-refractivity contribution < 1.29 is 14.1 Å². The third kappa shape index (κ3) is 3.54. The van der Waals surface area contributed by atoms with Crippen molar-refractivity contribution in [3.05, 3.63) is 36.1 Å². The zero-order valence-electron chi connectivity index (χ0n) is 13.0. The van der Waals surface area contributed by atoms with Gasteiger partial charge in [0.1, 0.15) is 17.2 Å². The standard InChI is InChI=1S/C14H14N6O3S/c1-9-7-12(17-23-9)15-13(21)8-24-14-16-18-19-20(14)10-5-3-4-6-11(10)22-2/h3-7H,8H2,1-2H3,(H,15,17,21). The Morgan fingerprint density at radius 2 is 2.25 bits per heavy atom. The van der Waals surface area contributed by atoms with Gasteiger partial charge in [-0.2, -0.15) is 4.68 Å². The molecule has 0 bridgehead atoms. The molecular weight excluding hydrogens is 332 g/mol. The van der Waals surface area contributed by atoms with E-state index in [2.05, 4.69) is 26.0 Å². The lowest BCUT2D eigenvalue weighted by Crippen LogP contribution is -2.14. The molecule has 0 aliphatic heterocycles. The first-order valence-corrected chi connectivity index (χ1v) is 7.93. The molecular formula is C14H14N6O3S. The molecule has 0 saturated heterocycles. The zero-order valence-corrected chi connectivity index (χ0v) is 13.8. The van der Waals surface area contributed by atoms with Crippen LogP contribution in [-0.4, -0.2) is 44.1 Å². The maximum atomic E-state index is 12.0. The van der Waals surface area contributed by atoms with E-state index in [1.54, 1.807) is 20.1 Å². The highest BCUT2D eigenvalue weighted by atomic mass is 32.2. The normalized spacial score (nSPS) is 10.6. The molecule has 1 N–H and O–H groups in total. The summed E-state index contributed by atoms with van der Waals surface area (Å²) in [6, 6.07) is 8.99. The number of nitrogens with one attached hydrogen (secondary N) is 1. The Hall–Kier alpha value is -2.88. The Morgan fingerprint density at radius 3 is 3.00 bits per heavy atom. The fourth-order valence-corrected chi connectivity index (χ4v) is 2.64. The van der Waals surface area contributed by atoms with Crippen molar-refractivity contribution in [2.75, 3.05) is 18.2 Å². The van der Waals surface area contributed by atoms with Crippen molar-refractivity contribution in [1.82, 2.24) is 25.4 Å². The maximum Gasteiger partial charge on any atom is 0.236 e. The molecule has 2 heterocycles. The van der Waals surface area contributed by atoms with Crippen molar-refractivity contribution in [2.24, 2.45) is 0 Å². The van der Waals surface area contributed by atoms with Gasteiger partial charge in [0.15, 0.2) is 5.82 Å². The Morgan fingerprint density at radius 1 is 1.42 bits per heavy atom. The minimum Gasteiger partial charge on any atom is -0.494 e. The van der Waals surface area contributed by atoms with Gasteiger partial charge in [-0.1, -0.05) is 29.1 Å². The van der Waals surface area contributed by atoms with Crippen LogP contribution in [-0.2, 0) is 4.79 Å². The lowest BCUT2D eigenvalue weighted by molar-refractivity contribution is -0.113. The minimum absolute atomic E-state index is 0.126. The summed E-state index contributed by atoms with van der Waals surface area (Å²) in [5, 5.41) is 18.4. The van der Waals surface area contributed by atoms with Gasteiger partial charge in [0, 0.05) is 6.07 Å². The number of rotatable bonds is 6. The highest BCUT2D eigenvalue weighted by Gasteiger charge is 2.15. The van der Waals surface area contributed by atoms with Crippen molar-refractivity contribution in [2.45, 2.75) is 12.1 Å². The second-order valence-corrected chi connectivity index (χ2v) is 5.65.